The van der Waals surface area contributed by atoms with Gasteiger partial charge in [-0.3, -0.25) is 0 Å². The normalized spacial score (nSPS) is 26.8. The second-order valence-electron chi connectivity index (χ2n) is 6.62. The molecule has 1 amide bonds. The first-order chi connectivity index (χ1) is 11.9. The first kappa shape index (κ1) is 18.2. The van der Waals surface area contributed by atoms with Gasteiger partial charge in [-0.15, -0.1) is 0 Å². The molecule has 8 nitrogen and oxygen atoms in total. The van der Waals surface area contributed by atoms with E-state index < -0.39 is 17.6 Å². The summed E-state index contributed by atoms with van der Waals surface area (Å²) in [5, 5.41) is 0. The van der Waals surface area contributed by atoms with E-state index in [1.807, 2.05) is 0 Å². The Labute approximate surface area is 160 Å². The van der Waals surface area contributed by atoms with E-state index in [0.717, 1.165) is 25.8 Å². The molecule has 0 N–H and O–H groups in total. The van der Waals surface area contributed by atoms with Gasteiger partial charge in [-0.1, -0.05) is 0 Å². The molecule has 3 fully saturated rings. The van der Waals surface area contributed by atoms with E-state index in [9.17, 15) is 14.4 Å². The number of hydrogen-bond acceptors (Lipinski definition) is 6. The molecule has 1 aliphatic carbocycles. The molecule has 0 unspecified atom stereocenters. The molecule has 3 radical (unpaired) electrons. The molecule has 9 heteroatoms. The number of hydrogen-bond donors (Lipinski definition) is 0. The summed E-state index contributed by atoms with van der Waals surface area (Å²) in [5.41, 5.74) is -1.42. The zero-order valence-electron chi connectivity index (χ0n) is 14.1. The predicted octanol–water partition coefficient (Wildman–Crippen LogP) is 0.0343. The number of amides is 1. The van der Waals surface area contributed by atoms with Crippen LogP contribution in [0.1, 0.15) is 12.8 Å². The number of nitrogens with zero attached hydrogens (tertiary/aromatic N) is 2. The van der Waals surface area contributed by atoms with Crippen molar-refractivity contribution in [2.45, 2.75) is 18.4 Å². The minimum atomic E-state index is -0.946. The van der Waals surface area contributed by atoms with E-state index in [1.165, 1.54) is 22.6 Å². The third-order valence-corrected chi connectivity index (χ3v) is 5.51. The fourth-order valence-electron chi connectivity index (χ4n) is 3.81. The molecular weight excluding hydrogens is 523 g/mol. The number of aromatic nitrogens is 1. The van der Waals surface area contributed by atoms with E-state index in [2.05, 4.69) is 0 Å². The summed E-state index contributed by atoms with van der Waals surface area (Å²) < 4.78 is 17.7. The number of esters is 1. The van der Waals surface area contributed by atoms with Crippen molar-refractivity contribution in [3.05, 3.63) is 28.7 Å². The first-order valence-electron chi connectivity index (χ1n) is 7.83. The number of fused-ring (bicyclic) bond motifs is 1. The molecule has 0 atom stereocenters. The maximum atomic E-state index is 12.2. The fourth-order valence-corrected chi connectivity index (χ4v) is 4.29. The Kier molecular flexibility index (Phi) is 4.82. The van der Waals surface area contributed by atoms with Crippen LogP contribution in [0.5, 0.6) is 5.75 Å². The van der Waals surface area contributed by atoms with Crippen molar-refractivity contribution in [1.82, 2.24) is 9.47 Å². The minimum absolute atomic E-state index is 0.156. The first-order valence-corrected chi connectivity index (χ1v) is 10.6. The van der Waals surface area contributed by atoms with Gasteiger partial charge in [-0.05, 0) is 0 Å². The van der Waals surface area contributed by atoms with Crippen molar-refractivity contribution in [1.29, 1.82) is 0 Å². The Morgan fingerprint density at radius 3 is 2.68 bits per heavy atom. The van der Waals surface area contributed by atoms with Gasteiger partial charge in [-0.25, -0.2) is 0 Å². The standard InChI is InChI=1S/C16H19N2O6.Pb/c1-17-5-4-11(6-12(17)19)24-10-15-7-16(8-15,13(20)22-2)18(9-15)14(21)23-3;/h4-6H,3,7-10H2,1-2H3;. The van der Waals surface area contributed by atoms with E-state index in [-0.39, 0.29) is 11.0 Å². The summed E-state index contributed by atoms with van der Waals surface area (Å²) in [6.07, 6.45) is 2.12. The molecule has 3 heterocycles. The second kappa shape index (κ2) is 6.62. The van der Waals surface area contributed by atoms with Crippen molar-refractivity contribution >= 4 is 37.8 Å². The van der Waals surface area contributed by atoms with Crippen LogP contribution in [-0.4, -0.2) is 77.3 Å². The van der Waals surface area contributed by atoms with Gasteiger partial charge >= 0.3 is 154 Å². The zero-order valence-corrected chi connectivity index (χ0v) is 18.0. The van der Waals surface area contributed by atoms with Crippen LogP contribution in [-0.2, 0) is 21.3 Å². The van der Waals surface area contributed by atoms with E-state index >= 15 is 0 Å². The molecule has 2 aliphatic heterocycles. The van der Waals surface area contributed by atoms with Gasteiger partial charge in [0.1, 0.15) is 0 Å². The summed E-state index contributed by atoms with van der Waals surface area (Å²) in [6.45, 7) is 0.705. The Bertz CT molecular complexity index is 755. The molecule has 3 aliphatic rings. The summed E-state index contributed by atoms with van der Waals surface area (Å²) in [6, 6.07) is 3.14. The third kappa shape index (κ3) is 3.04. The Balaban J connectivity index is 1.73. The third-order valence-electron chi connectivity index (χ3n) is 4.95. The number of rotatable bonds is 5. The van der Waals surface area contributed by atoms with E-state index in [0.29, 0.717) is 35.9 Å². The average molecular weight is 543 g/mol. The molecule has 1 aromatic heterocycles. The van der Waals surface area contributed by atoms with Crippen molar-refractivity contribution in [3.63, 3.8) is 0 Å². The molecule has 2 saturated heterocycles. The van der Waals surface area contributed by atoms with Crippen LogP contribution in [0.15, 0.2) is 23.1 Å². The van der Waals surface area contributed by atoms with Gasteiger partial charge in [-0.2, -0.15) is 0 Å². The van der Waals surface area contributed by atoms with Gasteiger partial charge in [0.05, 0.1) is 0 Å². The molecule has 0 aromatic carbocycles. The van der Waals surface area contributed by atoms with Crippen molar-refractivity contribution < 1.29 is 23.8 Å². The van der Waals surface area contributed by atoms with Crippen LogP contribution in [0, 0.1) is 5.41 Å². The number of aryl methyl sites for hydroxylation is 1. The van der Waals surface area contributed by atoms with Crippen LogP contribution >= 0.6 is 0 Å². The Morgan fingerprint density at radius 1 is 1.36 bits per heavy atom. The van der Waals surface area contributed by atoms with Gasteiger partial charge < -0.3 is 0 Å². The number of carbonyl (C=O) groups excluding carboxylic acids is 2. The Hall–Kier alpha value is -1.59. The molecular formula is C16H19N2O6Pb. The van der Waals surface area contributed by atoms with E-state index in [1.54, 1.807) is 19.3 Å². The SMILES string of the molecule is COC(=O)C12CC(COc3ccn(C)c(=O)c3)(CN1C(=O)O[CH2][Pb])C2. The van der Waals surface area contributed by atoms with Crippen molar-refractivity contribution in [2.24, 2.45) is 12.5 Å². The van der Waals surface area contributed by atoms with Crippen LogP contribution in [0.4, 0.5) is 4.79 Å². The van der Waals surface area contributed by atoms with Crippen molar-refractivity contribution in [2.75, 3.05) is 24.4 Å². The van der Waals surface area contributed by atoms with Gasteiger partial charge in [0.2, 0.25) is 0 Å². The van der Waals surface area contributed by atoms with Gasteiger partial charge in [0.15, 0.2) is 0 Å². The summed E-state index contributed by atoms with van der Waals surface area (Å²) in [5.74, 6) is 0.0631. The summed E-state index contributed by atoms with van der Waals surface area (Å²) in [7, 11) is 2.99. The second-order valence-corrected chi connectivity index (χ2v) is 7.74. The van der Waals surface area contributed by atoms with E-state index in [4.69, 9.17) is 14.2 Å². The van der Waals surface area contributed by atoms with Gasteiger partial charge in [0.25, 0.3) is 0 Å². The maximum absolute atomic E-state index is 12.2. The zero-order chi connectivity index (χ0) is 18.2. The predicted molar refractivity (Wildman–Crippen MR) is 87.4 cm³/mol. The summed E-state index contributed by atoms with van der Waals surface area (Å²) in [4.78, 5) is 37.6. The Morgan fingerprint density at radius 2 is 2.08 bits per heavy atom. The van der Waals surface area contributed by atoms with Crippen molar-refractivity contribution in [3.8, 4) is 5.75 Å². The molecule has 2 bridgehead atoms. The molecule has 1 aromatic rings. The number of ether oxygens (including phenoxy) is 3. The van der Waals surface area contributed by atoms with Crippen LogP contribution in [0.25, 0.3) is 0 Å². The molecule has 1 saturated carbocycles. The van der Waals surface area contributed by atoms with Crippen LogP contribution in [0.2, 0.25) is 0 Å². The van der Waals surface area contributed by atoms with Crippen LogP contribution < -0.4 is 10.3 Å². The summed E-state index contributed by atoms with van der Waals surface area (Å²) >= 11 is 0.737. The quantitative estimate of drug-likeness (QED) is 0.386. The monoisotopic (exact) mass is 543 g/mol. The molecule has 4 rings (SSSR count). The molecule has 25 heavy (non-hydrogen) atoms. The molecule has 133 valence electrons. The average Bonchev–Trinajstić information content (AvgIpc) is 3.07. The molecule has 0 spiro atoms. The number of methoxy groups -OCH3 is 1. The van der Waals surface area contributed by atoms with Gasteiger partial charge in [0, 0.05) is 7.05 Å². The fraction of sp³-hybridized carbons (Fsp3) is 0.562. The van der Waals surface area contributed by atoms with Crippen LogP contribution in [0.3, 0.4) is 0 Å². The number of carbonyl (C=O) groups is 2. The number of pyridine rings is 1. The topological polar surface area (TPSA) is 87.1 Å².